The zero-order valence-electron chi connectivity index (χ0n) is 23.4. The minimum Gasteiger partial charge on any atom is -0.380 e. The SMILES string of the molecule is CC(C)[C@H]1CCOC[C@]12CCCCN2C(C)C.CC(C)[C@H]1COC[C@]12CCCCN2C(C)C. The van der Waals surface area contributed by atoms with Gasteiger partial charge in [-0.2, -0.15) is 0 Å². The van der Waals surface area contributed by atoms with Gasteiger partial charge in [0.05, 0.1) is 19.8 Å². The first-order valence-electron chi connectivity index (χ1n) is 14.3. The van der Waals surface area contributed by atoms with Gasteiger partial charge in [0, 0.05) is 35.7 Å². The van der Waals surface area contributed by atoms with Crippen LogP contribution in [0.15, 0.2) is 0 Å². The fourth-order valence-electron chi connectivity index (χ4n) is 8.04. The van der Waals surface area contributed by atoms with E-state index in [1.165, 1.54) is 58.0 Å². The van der Waals surface area contributed by atoms with Gasteiger partial charge in [-0.25, -0.2) is 0 Å². The molecule has 4 nitrogen and oxygen atoms in total. The highest BCUT2D eigenvalue weighted by Gasteiger charge is 2.51. The molecule has 0 aromatic rings. The number of likely N-dealkylation sites (tertiary alicyclic amines) is 2. The quantitative estimate of drug-likeness (QED) is 0.492. The topological polar surface area (TPSA) is 24.9 Å². The lowest BCUT2D eigenvalue weighted by atomic mass is 9.68. The highest BCUT2D eigenvalue weighted by Crippen LogP contribution is 2.45. The average Bonchev–Trinajstić information content (AvgIpc) is 3.18. The first-order valence-corrected chi connectivity index (χ1v) is 14.3. The van der Waals surface area contributed by atoms with Crippen molar-refractivity contribution in [2.24, 2.45) is 23.7 Å². The van der Waals surface area contributed by atoms with Crippen molar-refractivity contribution in [3.8, 4) is 0 Å². The molecule has 0 amide bonds. The Bertz CT molecular complexity index is 564. The lowest BCUT2D eigenvalue weighted by Gasteiger charge is -2.56. The minimum atomic E-state index is 0.346. The van der Waals surface area contributed by atoms with E-state index in [4.69, 9.17) is 9.47 Å². The number of ether oxygens (including phenoxy) is 2. The van der Waals surface area contributed by atoms with Gasteiger partial charge in [0.25, 0.3) is 0 Å². The fraction of sp³-hybridized carbons (Fsp3) is 1.00. The standard InChI is InChI=1S/C15H29NO.C14H27NO/c1-12(2)14-7-10-17-11-15(14)8-5-6-9-16(15)13(3)4;1-11(2)13-9-16-10-14(13)7-5-6-8-15(14)12(3)4/h12-14H,5-11H2,1-4H3;11-13H,5-10H2,1-4H3/t14-,15-;13-,14-/m11/s1. The summed E-state index contributed by atoms with van der Waals surface area (Å²) >= 11 is 0. The summed E-state index contributed by atoms with van der Waals surface area (Å²) in [5, 5.41) is 0. The van der Waals surface area contributed by atoms with E-state index in [0.717, 1.165) is 50.1 Å². The van der Waals surface area contributed by atoms with E-state index in [1.807, 2.05) is 0 Å². The molecule has 4 rings (SSSR count). The van der Waals surface area contributed by atoms with E-state index in [2.05, 4.69) is 65.2 Å². The second-order valence-corrected chi connectivity index (χ2v) is 12.8. The summed E-state index contributed by atoms with van der Waals surface area (Å²) < 4.78 is 11.7. The van der Waals surface area contributed by atoms with Crippen molar-refractivity contribution in [2.75, 3.05) is 39.5 Å². The van der Waals surface area contributed by atoms with Crippen LogP contribution < -0.4 is 0 Å². The van der Waals surface area contributed by atoms with Gasteiger partial charge >= 0.3 is 0 Å². The van der Waals surface area contributed by atoms with Crippen LogP contribution in [0.2, 0.25) is 0 Å². The zero-order valence-corrected chi connectivity index (χ0v) is 23.4. The number of nitrogens with zero attached hydrogens (tertiary/aromatic N) is 2. The van der Waals surface area contributed by atoms with Crippen molar-refractivity contribution in [1.82, 2.24) is 9.80 Å². The van der Waals surface area contributed by atoms with Crippen LogP contribution in [0.5, 0.6) is 0 Å². The van der Waals surface area contributed by atoms with E-state index in [9.17, 15) is 0 Å². The van der Waals surface area contributed by atoms with Gasteiger partial charge in [-0.15, -0.1) is 0 Å². The normalized spacial score (nSPS) is 36.4. The van der Waals surface area contributed by atoms with E-state index < -0.39 is 0 Å². The summed E-state index contributed by atoms with van der Waals surface area (Å²) in [6.45, 7) is 25.3. The Morgan fingerprint density at radius 2 is 1.12 bits per heavy atom. The second-order valence-electron chi connectivity index (χ2n) is 12.8. The van der Waals surface area contributed by atoms with Crippen molar-refractivity contribution >= 4 is 0 Å². The molecule has 0 aromatic carbocycles. The molecule has 2 spiro atoms. The highest BCUT2D eigenvalue weighted by atomic mass is 16.5. The van der Waals surface area contributed by atoms with Gasteiger partial charge in [0.1, 0.15) is 0 Å². The predicted octanol–water partition coefficient (Wildman–Crippen LogP) is 6.23. The fourth-order valence-corrected chi connectivity index (χ4v) is 8.04. The van der Waals surface area contributed by atoms with Gasteiger partial charge < -0.3 is 9.47 Å². The maximum atomic E-state index is 5.88. The van der Waals surface area contributed by atoms with Crippen LogP contribution in [0.4, 0.5) is 0 Å². The summed E-state index contributed by atoms with van der Waals surface area (Å²) in [6, 6.07) is 1.31. The van der Waals surface area contributed by atoms with Crippen LogP contribution in [0.3, 0.4) is 0 Å². The molecule has 4 saturated heterocycles. The van der Waals surface area contributed by atoms with Crippen LogP contribution in [-0.2, 0) is 9.47 Å². The molecule has 4 aliphatic rings. The van der Waals surface area contributed by atoms with Crippen molar-refractivity contribution in [3.05, 3.63) is 0 Å². The summed E-state index contributed by atoms with van der Waals surface area (Å²) in [5.74, 6) is 3.06. The van der Waals surface area contributed by atoms with E-state index in [0.29, 0.717) is 23.2 Å². The maximum absolute atomic E-state index is 5.88. The molecule has 33 heavy (non-hydrogen) atoms. The van der Waals surface area contributed by atoms with Gasteiger partial charge in [0.2, 0.25) is 0 Å². The zero-order chi connectivity index (χ0) is 24.2. The second kappa shape index (κ2) is 11.7. The summed E-state index contributed by atoms with van der Waals surface area (Å²) in [4.78, 5) is 5.48. The van der Waals surface area contributed by atoms with Gasteiger partial charge in [-0.1, -0.05) is 40.5 Å². The van der Waals surface area contributed by atoms with Crippen LogP contribution in [0.25, 0.3) is 0 Å². The Labute approximate surface area is 206 Å². The molecule has 0 N–H and O–H groups in total. The molecule has 4 heterocycles. The largest absolute Gasteiger partial charge is 0.380 e. The monoisotopic (exact) mass is 464 g/mol. The molecule has 4 atom stereocenters. The molecule has 0 aliphatic carbocycles. The van der Waals surface area contributed by atoms with Gasteiger partial charge in [0.15, 0.2) is 0 Å². The van der Waals surface area contributed by atoms with Gasteiger partial charge in [-0.05, 0) is 90.6 Å². The van der Waals surface area contributed by atoms with Crippen LogP contribution in [0.1, 0.15) is 100 Å². The summed E-state index contributed by atoms with van der Waals surface area (Å²) in [5.41, 5.74) is 0.708. The summed E-state index contributed by atoms with van der Waals surface area (Å²) in [6.07, 6.45) is 9.43. The number of rotatable bonds is 4. The van der Waals surface area contributed by atoms with Gasteiger partial charge in [-0.3, -0.25) is 9.80 Å². The molecular weight excluding hydrogens is 408 g/mol. The smallest absolute Gasteiger partial charge is 0.0654 e. The van der Waals surface area contributed by atoms with Crippen molar-refractivity contribution in [3.63, 3.8) is 0 Å². The first kappa shape index (κ1) is 27.4. The third-order valence-electron chi connectivity index (χ3n) is 9.47. The molecule has 4 fully saturated rings. The predicted molar refractivity (Wildman–Crippen MR) is 140 cm³/mol. The third-order valence-corrected chi connectivity index (χ3v) is 9.47. The van der Waals surface area contributed by atoms with Crippen molar-refractivity contribution < 1.29 is 9.47 Å². The average molecular weight is 465 g/mol. The molecule has 0 unspecified atom stereocenters. The number of hydrogen-bond acceptors (Lipinski definition) is 4. The van der Waals surface area contributed by atoms with Crippen molar-refractivity contribution in [1.29, 1.82) is 0 Å². The molecular formula is C29H56N2O2. The van der Waals surface area contributed by atoms with Crippen LogP contribution >= 0.6 is 0 Å². The van der Waals surface area contributed by atoms with Crippen molar-refractivity contribution in [2.45, 2.75) is 123 Å². The number of hydrogen-bond donors (Lipinski definition) is 0. The molecule has 4 aliphatic heterocycles. The molecule has 0 aromatic heterocycles. The Morgan fingerprint density at radius 1 is 0.636 bits per heavy atom. The maximum Gasteiger partial charge on any atom is 0.0654 e. The molecule has 194 valence electrons. The third kappa shape index (κ3) is 5.65. The Kier molecular flexibility index (Phi) is 9.74. The Morgan fingerprint density at radius 3 is 1.61 bits per heavy atom. The van der Waals surface area contributed by atoms with Crippen LogP contribution in [0, 0.1) is 23.7 Å². The minimum absolute atomic E-state index is 0.346. The highest BCUT2D eigenvalue weighted by molar-refractivity contribution is 5.04. The molecule has 0 saturated carbocycles. The van der Waals surface area contributed by atoms with E-state index >= 15 is 0 Å². The number of piperidine rings is 2. The molecule has 0 bridgehead atoms. The van der Waals surface area contributed by atoms with E-state index in [1.54, 1.807) is 0 Å². The first-order chi connectivity index (χ1) is 15.7. The molecule has 4 heteroatoms. The Hall–Kier alpha value is -0.160. The Balaban J connectivity index is 0.000000186. The summed E-state index contributed by atoms with van der Waals surface area (Å²) in [7, 11) is 0. The lowest BCUT2D eigenvalue weighted by molar-refractivity contribution is -0.129. The molecule has 0 radical (unpaired) electrons. The van der Waals surface area contributed by atoms with E-state index in [-0.39, 0.29) is 0 Å². The van der Waals surface area contributed by atoms with Crippen LogP contribution in [-0.4, -0.2) is 72.5 Å². The lowest BCUT2D eigenvalue weighted by Crippen LogP contribution is -2.64.